The number of nitrogens with one attached hydrogen (secondary N) is 2. The molecule has 0 radical (unpaired) electrons. The zero-order valence-electron chi connectivity index (χ0n) is 21.1. The number of aromatic amines is 1. The van der Waals surface area contributed by atoms with Gasteiger partial charge in [-0.05, 0) is 0 Å². The van der Waals surface area contributed by atoms with Crippen molar-refractivity contribution < 1.29 is 0 Å². The second kappa shape index (κ2) is 8.00. The highest BCUT2D eigenvalue weighted by molar-refractivity contribution is 6.23. The molecule has 4 aliphatic heterocycles. The molecule has 0 saturated heterocycles. The molecule has 1 aromatic heterocycles. The number of fused-ring (bicyclic) bond motifs is 17. The highest BCUT2D eigenvalue weighted by Crippen LogP contribution is 2.34. The predicted octanol–water partition coefficient (Wildman–Crippen LogP) is 4.14. The van der Waals surface area contributed by atoms with Gasteiger partial charge in [0.1, 0.15) is 22.6 Å². The second-order valence-corrected chi connectivity index (χ2v) is 10.0. The average Bonchev–Trinajstić information content (AvgIpc) is 3.73. The maximum atomic E-state index is 5.11. The summed E-state index contributed by atoms with van der Waals surface area (Å²) in [4.78, 5) is 33.7. The van der Waals surface area contributed by atoms with E-state index in [9.17, 15) is 0 Å². The minimum absolute atomic E-state index is 0.413. The first-order valence-electron chi connectivity index (χ1n) is 13.2. The molecule has 8 nitrogen and oxygen atoms in total. The van der Waals surface area contributed by atoms with Crippen LogP contribution in [0.25, 0.3) is 10.8 Å². The van der Waals surface area contributed by atoms with Crippen molar-refractivity contribution in [1.82, 2.24) is 10.3 Å². The summed E-state index contributed by atoms with van der Waals surface area (Å²) in [5.74, 6) is 2.71. The monoisotopic (exact) mass is 516 g/mol. The minimum Gasteiger partial charge on any atom is -0.324 e. The van der Waals surface area contributed by atoms with Crippen molar-refractivity contribution in [3.8, 4) is 0 Å². The molecule has 9 rings (SSSR count). The van der Waals surface area contributed by atoms with E-state index in [0.29, 0.717) is 17.2 Å². The van der Waals surface area contributed by atoms with Crippen LogP contribution >= 0.6 is 0 Å². The van der Waals surface area contributed by atoms with Gasteiger partial charge in [-0.2, -0.15) is 0 Å². The van der Waals surface area contributed by atoms with Gasteiger partial charge in [0.15, 0.2) is 24.0 Å². The predicted molar refractivity (Wildman–Crippen MR) is 155 cm³/mol. The van der Waals surface area contributed by atoms with Gasteiger partial charge in [-0.3, -0.25) is 0 Å². The molecular formula is C32H20N8. The molecule has 188 valence electrons. The van der Waals surface area contributed by atoms with Crippen molar-refractivity contribution in [2.75, 3.05) is 0 Å². The van der Waals surface area contributed by atoms with Crippen LogP contribution in [0.5, 0.6) is 0 Å². The van der Waals surface area contributed by atoms with Crippen LogP contribution in [-0.2, 0) is 0 Å². The molecule has 8 heteroatoms. The summed E-state index contributed by atoms with van der Waals surface area (Å²) in [6.45, 7) is 0. The fourth-order valence-electron chi connectivity index (χ4n) is 5.86. The van der Waals surface area contributed by atoms with Crippen molar-refractivity contribution in [2.45, 2.75) is 12.3 Å². The van der Waals surface area contributed by atoms with Gasteiger partial charge in [-0.15, -0.1) is 0 Å². The van der Waals surface area contributed by atoms with Crippen LogP contribution in [-0.4, -0.2) is 28.3 Å². The molecule has 5 heterocycles. The van der Waals surface area contributed by atoms with Crippen LogP contribution in [0, 0.1) is 0 Å². The smallest absolute Gasteiger partial charge is 0.170 e. The van der Waals surface area contributed by atoms with Gasteiger partial charge in [-0.1, -0.05) is 97.1 Å². The molecular weight excluding hydrogens is 496 g/mol. The minimum atomic E-state index is -0.437. The molecule has 0 amide bonds. The van der Waals surface area contributed by atoms with Gasteiger partial charge >= 0.3 is 0 Å². The number of hydrogen-bond donors (Lipinski definition) is 2. The highest BCUT2D eigenvalue weighted by Gasteiger charge is 2.31. The van der Waals surface area contributed by atoms with Gasteiger partial charge in [0, 0.05) is 44.2 Å². The maximum absolute atomic E-state index is 5.11. The summed E-state index contributed by atoms with van der Waals surface area (Å²) in [6.07, 6.45) is -0.850. The number of benzene rings is 4. The summed E-state index contributed by atoms with van der Waals surface area (Å²) in [5, 5.41) is 5.50. The molecule has 5 aromatic rings. The van der Waals surface area contributed by atoms with Gasteiger partial charge in [0.2, 0.25) is 0 Å². The lowest BCUT2D eigenvalue weighted by atomic mass is 10.1. The van der Waals surface area contributed by atoms with E-state index >= 15 is 0 Å². The summed E-state index contributed by atoms with van der Waals surface area (Å²) < 4.78 is 0. The van der Waals surface area contributed by atoms with E-state index in [1.165, 1.54) is 0 Å². The van der Waals surface area contributed by atoms with E-state index in [1.54, 1.807) is 0 Å². The van der Waals surface area contributed by atoms with Crippen molar-refractivity contribution in [2.24, 2.45) is 30.0 Å². The van der Waals surface area contributed by atoms with E-state index in [1.807, 2.05) is 60.7 Å². The summed E-state index contributed by atoms with van der Waals surface area (Å²) in [6, 6.07) is 32.6. The van der Waals surface area contributed by atoms with E-state index in [2.05, 4.69) is 46.7 Å². The summed E-state index contributed by atoms with van der Waals surface area (Å²) >= 11 is 0. The van der Waals surface area contributed by atoms with Crippen molar-refractivity contribution in [1.29, 1.82) is 0 Å². The lowest BCUT2D eigenvalue weighted by molar-refractivity contribution is 0.759. The maximum Gasteiger partial charge on any atom is 0.170 e. The largest absolute Gasteiger partial charge is 0.324 e. The number of nitrogens with zero attached hydrogens (tertiary/aromatic N) is 6. The van der Waals surface area contributed by atoms with Crippen LogP contribution < -0.4 is 16.3 Å². The Hall–Kier alpha value is -5.50. The molecule has 8 bridgehead atoms. The second-order valence-electron chi connectivity index (χ2n) is 10.0. The number of aliphatic imine (C=N–C) groups is 4. The number of H-pyrrole nitrogens is 1. The van der Waals surface area contributed by atoms with Crippen molar-refractivity contribution in [3.63, 3.8) is 0 Å². The van der Waals surface area contributed by atoms with Crippen molar-refractivity contribution >= 4 is 34.1 Å². The quantitative estimate of drug-likeness (QED) is 0.318. The molecule has 4 aromatic carbocycles. The molecule has 0 fully saturated rings. The molecule has 2 atom stereocenters. The Morgan fingerprint density at radius 2 is 0.975 bits per heavy atom. The molecule has 0 aliphatic carbocycles. The third kappa shape index (κ3) is 3.07. The Labute approximate surface area is 228 Å². The molecule has 40 heavy (non-hydrogen) atoms. The Balaban J connectivity index is 1.36. The number of amidine groups is 4. The average molecular weight is 517 g/mol. The van der Waals surface area contributed by atoms with E-state index in [0.717, 1.165) is 61.3 Å². The Bertz CT molecular complexity index is 2160. The van der Waals surface area contributed by atoms with Crippen LogP contribution in [0.1, 0.15) is 45.7 Å². The lowest BCUT2D eigenvalue weighted by Crippen LogP contribution is -2.30. The first kappa shape index (κ1) is 21.4. The zero-order chi connectivity index (χ0) is 26.2. The van der Waals surface area contributed by atoms with Crippen LogP contribution in [0.2, 0.25) is 0 Å². The van der Waals surface area contributed by atoms with Crippen LogP contribution in [0.3, 0.4) is 0 Å². The number of rotatable bonds is 0. The fraction of sp³-hybridized carbons (Fsp3) is 0.0625. The standard InChI is InChI=1S/C32H20N8/c1-2-10-18-17(9-1)25-33-26(18)38-28-21-13-5-6-14-22(21)30(35-28)40-32-24-16-8-7-15-23(24)31(36-32)39-29-20-12-4-3-11-19(20)27(34-29)37-25/h1-16,25,30H,(H,33,35,38)(H,34,36,37,39,40)/t25-,30-/m0/s1. The van der Waals surface area contributed by atoms with Gasteiger partial charge in [0.05, 0.1) is 0 Å². The van der Waals surface area contributed by atoms with Crippen LogP contribution in [0.15, 0.2) is 127 Å². The third-order valence-corrected chi connectivity index (χ3v) is 7.74. The first-order valence-corrected chi connectivity index (χ1v) is 13.2. The molecule has 0 saturated carbocycles. The van der Waals surface area contributed by atoms with Crippen molar-refractivity contribution in [3.05, 3.63) is 141 Å². The Kier molecular flexibility index (Phi) is 4.29. The van der Waals surface area contributed by atoms with E-state index < -0.39 is 12.3 Å². The fourth-order valence-corrected chi connectivity index (χ4v) is 5.86. The van der Waals surface area contributed by atoms with Crippen LogP contribution in [0.4, 0.5) is 0 Å². The normalized spacial score (nSPS) is 19.7. The molecule has 0 unspecified atom stereocenters. The number of hydrogen-bond acceptors (Lipinski definition) is 7. The lowest BCUT2D eigenvalue weighted by Gasteiger charge is -2.08. The molecule has 4 aliphatic rings. The summed E-state index contributed by atoms with van der Waals surface area (Å²) in [7, 11) is 0. The molecule has 0 spiro atoms. The molecule has 2 N–H and O–H groups in total. The van der Waals surface area contributed by atoms with E-state index in [-0.39, 0.29) is 0 Å². The third-order valence-electron chi connectivity index (χ3n) is 7.74. The van der Waals surface area contributed by atoms with Gasteiger partial charge in [-0.25, -0.2) is 30.0 Å². The SMILES string of the molecule is c1ccc2c(c1)C1=NC2=N[C@@H]2N=C(NC3=N[C@@H](N=c4[nH]c(c5ccccc45)=N1)c1ccccc13)c1ccccc12. The zero-order valence-corrected chi connectivity index (χ0v) is 21.1. The van der Waals surface area contributed by atoms with E-state index in [4.69, 9.17) is 30.0 Å². The van der Waals surface area contributed by atoms with Gasteiger partial charge in [0.25, 0.3) is 0 Å². The first-order chi connectivity index (χ1) is 19.8. The Morgan fingerprint density at radius 3 is 1.65 bits per heavy atom. The number of aromatic nitrogens is 1. The summed E-state index contributed by atoms with van der Waals surface area (Å²) in [5.41, 5.74) is 7.39. The topological polar surface area (TPSA) is 102 Å². The van der Waals surface area contributed by atoms with Gasteiger partial charge < -0.3 is 10.3 Å². The Morgan fingerprint density at radius 1 is 0.450 bits per heavy atom. The highest BCUT2D eigenvalue weighted by atomic mass is 15.2.